The molecule has 1 aromatic heterocycles. The summed E-state index contributed by atoms with van der Waals surface area (Å²) in [4.78, 5) is 15.4. The summed E-state index contributed by atoms with van der Waals surface area (Å²) in [5.74, 6) is -0.610. The van der Waals surface area contributed by atoms with E-state index in [2.05, 4.69) is 9.72 Å². The van der Waals surface area contributed by atoms with Crippen molar-refractivity contribution in [2.75, 3.05) is 13.7 Å². The van der Waals surface area contributed by atoms with E-state index in [0.29, 0.717) is 5.56 Å². The van der Waals surface area contributed by atoms with Gasteiger partial charge in [0.05, 0.1) is 19.3 Å². The van der Waals surface area contributed by atoms with Gasteiger partial charge < -0.3 is 24.8 Å². The molecule has 7 heteroatoms. The standard InChI is InChI=1S/C12H15NO6/c1-18-12(17)7-4-13-3-2-6(7)11-10(16)9(15)8(5-14)19-11/h2-4,8-11,14-16H,5H2,1H3/t8-,9-,10-,11+/m1/s1. The zero-order chi connectivity index (χ0) is 14.0. The highest BCUT2D eigenvalue weighted by Crippen LogP contribution is 2.34. The molecule has 0 unspecified atom stereocenters. The van der Waals surface area contributed by atoms with Crippen molar-refractivity contribution in [2.45, 2.75) is 24.4 Å². The minimum atomic E-state index is -1.23. The summed E-state index contributed by atoms with van der Waals surface area (Å²) in [5, 5.41) is 28.7. The van der Waals surface area contributed by atoms with Crippen LogP contribution in [0.5, 0.6) is 0 Å². The average molecular weight is 269 g/mol. The van der Waals surface area contributed by atoms with Gasteiger partial charge in [0, 0.05) is 18.0 Å². The van der Waals surface area contributed by atoms with Crippen molar-refractivity contribution in [3.8, 4) is 0 Å². The van der Waals surface area contributed by atoms with Gasteiger partial charge in [0.2, 0.25) is 0 Å². The number of ether oxygens (including phenoxy) is 2. The van der Waals surface area contributed by atoms with Gasteiger partial charge in [-0.25, -0.2) is 4.79 Å². The van der Waals surface area contributed by atoms with Crippen LogP contribution in [-0.2, 0) is 9.47 Å². The summed E-state index contributed by atoms with van der Waals surface area (Å²) >= 11 is 0. The summed E-state index contributed by atoms with van der Waals surface area (Å²) in [6.07, 6.45) is -1.51. The predicted octanol–water partition coefficient (Wildman–Crippen LogP) is -0.978. The van der Waals surface area contributed by atoms with Crippen LogP contribution >= 0.6 is 0 Å². The molecule has 0 aromatic carbocycles. The van der Waals surface area contributed by atoms with Gasteiger partial charge in [0.15, 0.2) is 0 Å². The Hall–Kier alpha value is -1.54. The highest BCUT2D eigenvalue weighted by atomic mass is 16.6. The minimum Gasteiger partial charge on any atom is -0.465 e. The second kappa shape index (κ2) is 5.62. The number of methoxy groups -OCH3 is 1. The molecule has 1 aromatic rings. The average Bonchev–Trinajstić information content (AvgIpc) is 2.74. The number of aromatic nitrogens is 1. The number of rotatable bonds is 3. The first-order chi connectivity index (χ1) is 9.10. The highest BCUT2D eigenvalue weighted by Gasteiger charge is 2.44. The van der Waals surface area contributed by atoms with Gasteiger partial charge in [-0.2, -0.15) is 0 Å². The van der Waals surface area contributed by atoms with Crippen molar-refractivity contribution in [3.05, 3.63) is 29.6 Å². The largest absolute Gasteiger partial charge is 0.465 e. The number of nitrogens with zero attached hydrogens (tertiary/aromatic N) is 1. The molecule has 1 aliphatic heterocycles. The lowest BCUT2D eigenvalue weighted by Gasteiger charge is -2.17. The number of esters is 1. The maximum Gasteiger partial charge on any atom is 0.339 e. The molecule has 0 bridgehead atoms. The van der Waals surface area contributed by atoms with Crippen molar-refractivity contribution in [1.82, 2.24) is 4.98 Å². The van der Waals surface area contributed by atoms with Crippen LogP contribution in [0.15, 0.2) is 18.5 Å². The first-order valence-electron chi connectivity index (χ1n) is 5.74. The molecule has 0 radical (unpaired) electrons. The zero-order valence-electron chi connectivity index (χ0n) is 10.3. The zero-order valence-corrected chi connectivity index (χ0v) is 10.3. The van der Waals surface area contributed by atoms with E-state index in [-0.39, 0.29) is 5.56 Å². The predicted molar refractivity (Wildman–Crippen MR) is 62.3 cm³/mol. The third-order valence-corrected chi connectivity index (χ3v) is 3.11. The Morgan fingerprint density at radius 3 is 2.79 bits per heavy atom. The molecule has 0 spiro atoms. The fourth-order valence-corrected chi connectivity index (χ4v) is 2.09. The normalized spacial score (nSPS) is 30.3. The highest BCUT2D eigenvalue weighted by molar-refractivity contribution is 5.90. The lowest BCUT2D eigenvalue weighted by atomic mass is 9.99. The molecule has 0 aliphatic carbocycles. The van der Waals surface area contributed by atoms with Gasteiger partial charge in [-0.05, 0) is 6.07 Å². The van der Waals surface area contributed by atoms with Gasteiger partial charge in [-0.3, -0.25) is 4.98 Å². The van der Waals surface area contributed by atoms with E-state index in [1.54, 1.807) is 0 Å². The third kappa shape index (κ3) is 2.45. The minimum absolute atomic E-state index is 0.153. The first kappa shape index (κ1) is 13.9. The second-order valence-corrected chi connectivity index (χ2v) is 4.21. The molecule has 2 rings (SSSR count). The van der Waals surface area contributed by atoms with Crippen LogP contribution in [0.2, 0.25) is 0 Å². The molecule has 4 atom stereocenters. The SMILES string of the molecule is COC(=O)c1cnccc1[C@@H]1O[C@H](CO)[C@@H](O)[C@H]1O. The Balaban J connectivity index is 2.35. The Bertz CT molecular complexity index is 465. The van der Waals surface area contributed by atoms with Crippen LogP contribution < -0.4 is 0 Å². The number of hydrogen-bond acceptors (Lipinski definition) is 7. The number of hydrogen-bond donors (Lipinski definition) is 3. The Kier molecular flexibility index (Phi) is 4.11. The Morgan fingerprint density at radius 1 is 1.47 bits per heavy atom. The van der Waals surface area contributed by atoms with Gasteiger partial charge in [-0.15, -0.1) is 0 Å². The number of pyridine rings is 1. The number of carbonyl (C=O) groups is 1. The van der Waals surface area contributed by atoms with Gasteiger partial charge >= 0.3 is 5.97 Å². The monoisotopic (exact) mass is 269 g/mol. The van der Waals surface area contributed by atoms with Crippen molar-refractivity contribution >= 4 is 5.97 Å². The van der Waals surface area contributed by atoms with E-state index in [1.165, 1.54) is 25.6 Å². The molecule has 0 saturated carbocycles. The summed E-state index contributed by atoms with van der Waals surface area (Å²) < 4.78 is 9.99. The van der Waals surface area contributed by atoms with Gasteiger partial charge in [-0.1, -0.05) is 0 Å². The summed E-state index contributed by atoms with van der Waals surface area (Å²) in [7, 11) is 1.23. The second-order valence-electron chi connectivity index (χ2n) is 4.21. The van der Waals surface area contributed by atoms with Gasteiger partial charge in [0.1, 0.15) is 24.4 Å². The fraction of sp³-hybridized carbons (Fsp3) is 0.500. The van der Waals surface area contributed by atoms with E-state index in [1.807, 2.05) is 0 Å². The molecular weight excluding hydrogens is 254 g/mol. The van der Waals surface area contributed by atoms with Crippen LogP contribution in [0.3, 0.4) is 0 Å². The molecule has 1 saturated heterocycles. The van der Waals surface area contributed by atoms with E-state index < -0.39 is 37.0 Å². The lowest BCUT2D eigenvalue weighted by molar-refractivity contribution is -0.0231. The maximum atomic E-state index is 11.6. The van der Waals surface area contributed by atoms with Crippen molar-refractivity contribution in [2.24, 2.45) is 0 Å². The van der Waals surface area contributed by atoms with Crippen molar-refractivity contribution in [3.63, 3.8) is 0 Å². The molecule has 3 N–H and O–H groups in total. The third-order valence-electron chi connectivity index (χ3n) is 3.11. The molecule has 104 valence electrons. The first-order valence-corrected chi connectivity index (χ1v) is 5.74. The summed E-state index contributed by atoms with van der Waals surface area (Å²) in [6, 6.07) is 1.51. The number of aliphatic hydroxyl groups excluding tert-OH is 3. The molecule has 1 aliphatic rings. The van der Waals surface area contributed by atoms with E-state index >= 15 is 0 Å². The quantitative estimate of drug-likeness (QED) is 0.605. The Morgan fingerprint density at radius 2 is 2.21 bits per heavy atom. The van der Waals surface area contributed by atoms with Crippen LogP contribution in [0, 0.1) is 0 Å². The number of aliphatic hydroxyl groups is 3. The maximum absolute atomic E-state index is 11.6. The smallest absolute Gasteiger partial charge is 0.339 e. The van der Waals surface area contributed by atoms with Crippen molar-refractivity contribution < 1.29 is 29.6 Å². The lowest BCUT2D eigenvalue weighted by Crippen LogP contribution is -2.32. The van der Waals surface area contributed by atoms with Crippen LogP contribution in [0.4, 0.5) is 0 Å². The molecule has 0 amide bonds. The van der Waals surface area contributed by atoms with Crippen molar-refractivity contribution in [1.29, 1.82) is 0 Å². The number of carbonyl (C=O) groups excluding carboxylic acids is 1. The van der Waals surface area contributed by atoms with Crippen LogP contribution in [0.25, 0.3) is 0 Å². The fourth-order valence-electron chi connectivity index (χ4n) is 2.09. The molecule has 19 heavy (non-hydrogen) atoms. The topological polar surface area (TPSA) is 109 Å². The van der Waals surface area contributed by atoms with Gasteiger partial charge in [0.25, 0.3) is 0 Å². The van der Waals surface area contributed by atoms with E-state index in [9.17, 15) is 15.0 Å². The van der Waals surface area contributed by atoms with Crippen LogP contribution in [-0.4, -0.2) is 58.3 Å². The molecule has 1 fully saturated rings. The summed E-state index contributed by atoms with van der Waals surface area (Å²) in [6.45, 7) is -0.423. The molecule has 2 heterocycles. The Labute approximate surface area is 109 Å². The van der Waals surface area contributed by atoms with E-state index in [4.69, 9.17) is 9.84 Å². The molecular formula is C12H15NO6. The summed E-state index contributed by atoms with van der Waals surface area (Å²) in [5.41, 5.74) is 0.518. The molecule has 7 nitrogen and oxygen atoms in total. The van der Waals surface area contributed by atoms with E-state index in [0.717, 1.165) is 0 Å². The van der Waals surface area contributed by atoms with Crippen LogP contribution in [0.1, 0.15) is 22.0 Å².